The molecule has 0 aromatic carbocycles. The molecule has 1 aromatic rings. The molecule has 0 bridgehead atoms. The number of sulfonamides is 1. The Hall–Kier alpha value is -0.310. The first kappa shape index (κ1) is 16.1. The van der Waals surface area contributed by atoms with E-state index in [0.29, 0.717) is 16.8 Å². The van der Waals surface area contributed by atoms with Crippen LogP contribution in [-0.2, 0) is 10.0 Å². The summed E-state index contributed by atoms with van der Waals surface area (Å²) in [4.78, 5) is 4.34. The topological polar surface area (TPSA) is 71.1 Å². The fourth-order valence-corrected chi connectivity index (χ4v) is 5.13. The lowest BCUT2D eigenvalue weighted by Gasteiger charge is -2.23. The van der Waals surface area contributed by atoms with Gasteiger partial charge in [-0.1, -0.05) is 0 Å². The van der Waals surface area contributed by atoms with Gasteiger partial charge in [0.1, 0.15) is 10.7 Å². The maximum Gasteiger partial charge on any atom is 0.244 e. The Morgan fingerprint density at radius 3 is 3.00 bits per heavy atom. The fraction of sp³-hybridized carbons (Fsp3) is 0.583. The van der Waals surface area contributed by atoms with Crippen LogP contribution in [0.5, 0.6) is 0 Å². The molecule has 2 heterocycles. The average Bonchev–Trinajstić information content (AvgIpc) is 2.41. The maximum atomic E-state index is 12.5. The molecule has 0 aliphatic carbocycles. The van der Waals surface area contributed by atoms with E-state index in [1.807, 2.05) is 6.92 Å². The highest BCUT2D eigenvalue weighted by Crippen LogP contribution is 2.25. The van der Waals surface area contributed by atoms with E-state index in [1.54, 1.807) is 24.0 Å². The molecule has 1 unspecified atom stereocenters. The van der Waals surface area contributed by atoms with Gasteiger partial charge >= 0.3 is 0 Å². The monoisotopic (exact) mass is 379 g/mol. The van der Waals surface area contributed by atoms with E-state index < -0.39 is 10.0 Å². The molecule has 0 spiro atoms. The minimum Gasteiger partial charge on any atom is -0.369 e. The highest BCUT2D eigenvalue weighted by molar-refractivity contribution is 9.10. The molecule has 0 radical (unpaired) electrons. The van der Waals surface area contributed by atoms with Gasteiger partial charge < -0.3 is 5.32 Å². The van der Waals surface area contributed by atoms with Crippen molar-refractivity contribution in [3.8, 4) is 0 Å². The Balaban J connectivity index is 2.25. The van der Waals surface area contributed by atoms with Crippen LogP contribution in [0.25, 0.3) is 0 Å². The molecule has 1 fully saturated rings. The lowest BCUT2D eigenvalue weighted by Crippen LogP contribution is -2.38. The van der Waals surface area contributed by atoms with Gasteiger partial charge in [0.05, 0.1) is 0 Å². The van der Waals surface area contributed by atoms with Crippen LogP contribution < -0.4 is 10.0 Å². The van der Waals surface area contributed by atoms with Crippen molar-refractivity contribution in [3.63, 3.8) is 0 Å². The maximum absolute atomic E-state index is 12.5. The van der Waals surface area contributed by atoms with Crippen LogP contribution in [-0.4, -0.2) is 37.5 Å². The van der Waals surface area contributed by atoms with Crippen LogP contribution in [0.2, 0.25) is 0 Å². The number of pyridine rings is 1. The summed E-state index contributed by atoms with van der Waals surface area (Å²) < 4.78 is 28.5. The average molecular weight is 380 g/mol. The second-order valence-corrected chi connectivity index (χ2v) is 8.31. The van der Waals surface area contributed by atoms with Crippen LogP contribution in [0.15, 0.2) is 21.6 Å². The summed E-state index contributed by atoms with van der Waals surface area (Å²) in [6.45, 7) is 2.53. The minimum absolute atomic E-state index is 0.00667. The zero-order valence-corrected chi connectivity index (χ0v) is 14.4. The molecule has 1 aliphatic heterocycles. The van der Waals surface area contributed by atoms with Crippen molar-refractivity contribution in [3.05, 3.63) is 16.7 Å². The summed E-state index contributed by atoms with van der Waals surface area (Å²) in [7, 11) is -3.55. The second-order valence-electron chi connectivity index (χ2n) is 4.57. The van der Waals surface area contributed by atoms with E-state index in [9.17, 15) is 8.42 Å². The number of hydrogen-bond acceptors (Lipinski definition) is 5. The van der Waals surface area contributed by atoms with Crippen molar-refractivity contribution >= 4 is 43.5 Å². The van der Waals surface area contributed by atoms with Crippen molar-refractivity contribution in [1.29, 1.82) is 0 Å². The van der Waals surface area contributed by atoms with Gasteiger partial charge in [0.2, 0.25) is 10.0 Å². The first-order valence-electron chi connectivity index (χ1n) is 6.52. The Bertz CT molecular complexity index is 560. The second kappa shape index (κ2) is 7.11. The molecule has 8 heteroatoms. The molecule has 2 N–H and O–H groups in total. The molecule has 5 nitrogen and oxygen atoms in total. The summed E-state index contributed by atoms with van der Waals surface area (Å²) in [5.74, 6) is 2.34. The number of aromatic nitrogens is 1. The first-order chi connectivity index (χ1) is 9.53. The summed E-state index contributed by atoms with van der Waals surface area (Å²) >= 11 is 5.07. The number of nitrogens with one attached hydrogen (secondary N) is 2. The SMILES string of the molecule is CCNc1ncc(Br)cc1S(=O)(=O)NC1CCCSC1. The van der Waals surface area contributed by atoms with E-state index in [2.05, 4.69) is 31.0 Å². The van der Waals surface area contributed by atoms with Crippen molar-refractivity contribution in [2.45, 2.75) is 30.7 Å². The van der Waals surface area contributed by atoms with Crippen molar-refractivity contribution < 1.29 is 8.42 Å². The van der Waals surface area contributed by atoms with Gasteiger partial charge in [-0.15, -0.1) is 0 Å². The molecule has 1 saturated heterocycles. The van der Waals surface area contributed by atoms with E-state index in [0.717, 1.165) is 24.3 Å². The molecule has 0 amide bonds. The molecule has 20 heavy (non-hydrogen) atoms. The van der Waals surface area contributed by atoms with Crippen molar-refractivity contribution in [2.24, 2.45) is 0 Å². The quantitative estimate of drug-likeness (QED) is 0.821. The summed E-state index contributed by atoms with van der Waals surface area (Å²) in [5.41, 5.74) is 0. The predicted octanol–water partition coefficient (Wildman–Crippen LogP) is 2.45. The van der Waals surface area contributed by atoms with Crippen LogP contribution >= 0.6 is 27.7 Å². The molecule has 1 aromatic heterocycles. The number of thioether (sulfide) groups is 1. The molecule has 112 valence electrons. The van der Waals surface area contributed by atoms with Gasteiger partial charge in [-0.2, -0.15) is 11.8 Å². The predicted molar refractivity (Wildman–Crippen MR) is 86.8 cm³/mol. The number of rotatable bonds is 5. The molecular weight excluding hydrogens is 362 g/mol. The zero-order chi connectivity index (χ0) is 14.6. The van der Waals surface area contributed by atoms with Crippen molar-refractivity contribution in [2.75, 3.05) is 23.4 Å². The van der Waals surface area contributed by atoms with Gasteiger partial charge in [-0.25, -0.2) is 18.1 Å². The fourth-order valence-electron chi connectivity index (χ4n) is 2.04. The number of hydrogen-bond donors (Lipinski definition) is 2. The zero-order valence-electron chi connectivity index (χ0n) is 11.2. The van der Waals surface area contributed by atoms with Gasteiger partial charge in [0.25, 0.3) is 0 Å². The summed E-state index contributed by atoms with van der Waals surface area (Å²) in [6, 6.07) is 1.59. The summed E-state index contributed by atoms with van der Waals surface area (Å²) in [6.07, 6.45) is 3.53. The number of anilines is 1. The lowest BCUT2D eigenvalue weighted by atomic mass is 10.2. The molecular formula is C12H18BrN3O2S2. The lowest BCUT2D eigenvalue weighted by molar-refractivity contribution is 0.543. The third-order valence-electron chi connectivity index (χ3n) is 2.94. The smallest absolute Gasteiger partial charge is 0.244 e. The Morgan fingerprint density at radius 2 is 2.35 bits per heavy atom. The molecule has 2 rings (SSSR count). The molecule has 1 aliphatic rings. The van der Waals surface area contributed by atoms with Crippen LogP contribution in [0, 0.1) is 0 Å². The highest BCUT2D eigenvalue weighted by atomic mass is 79.9. The van der Waals surface area contributed by atoms with E-state index in [-0.39, 0.29) is 10.9 Å². The third-order valence-corrected chi connectivity index (χ3v) is 6.12. The van der Waals surface area contributed by atoms with Gasteiger partial charge in [-0.3, -0.25) is 0 Å². The standard InChI is InChI=1S/C12H18BrN3O2S2/c1-2-14-12-11(6-9(13)7-15-12)20(17,18)16-10-4-3-5-19-8-10/h6-7,10,16H,2-5,8H2,1H3,(H,14,15). The Labute approximate surface area is 132 Å². The minimum atomic E-state index is -3.55. The largest absolute Gasteiger partial charge is 0.369 e. The number of halogens is 1. The highest BCUT2D eigenvalue weighted by Gasteiger charge is 2.25. The van der Waals surface area contributed by atoms with Crippen LogP contribution in [0.3, 0.4) is 0 Å². The van der Waals surface area contributed by atoms with Gasteiger partial charge in [0.15, 0.2) is 0 Å². The molecule has 1 atom stereocenters. The normalized spacial score (nSPS) is 19.8. The Kier molecular flexibility index (Phi) is 5.71. The van der Waals surface area contributed by atoms with Gasteiger partial charge in [-0.05, 0) is 47.5 Å². The third kappa shape index (κ3) is 4.09. The molecule has 0 saturated carbocycles. The van der Waals surface area contributed by atoms with E-state index in [1.165, 1.54) is 0 Å². The Morgan fingerprint density at radius 1 is 1.55 bits per heavy atom. The van der Waals surface area contributed by atoms with Crippen LogP contribution in [0.4, 0.5) is 5.82 Å². The van der Waals surface area contributed by atoms with Gasteiger partial charge in [0, 0.05) is 29.0 Å². The summed E-state index contributed by atoms with van der Waals surface area (Å²) in [5, 5.41) is 2.99. The first-order valence-corrected chi connectivity index (χ1v) is 9.95. The van der Waals surface area contributed by atoms with E-state index in [4.69, 9.17) is 0 Å². The van der Waals surface area contributed by atoms with Crippen molar-refractivity contribution in [1.82, 2.24) is 9.71 Å². The van der Waals surface area contributed by atoms with E-state index >= 15 is 0 Å². The number of nitrogens with zero attached hydrogens (tertiary/aromatic N) is 1. The van der Waals surface area contributed by atoms with Crippen LogP contribution in [0.1, 0.15) is 19.8 Å².